The number of rotatable bonds is 6. The quantitative estimate of drug-likeness (QED) is 0.659. The van der Waals surface area contributed by atoms with Crippen LogP contribution in [0, 0.1) is 11.3 Å². The van der Waals surface area contributed by atoms with Crippen LogP contribution in [0.5, 0.6) is 0 Å². The van der Waals surface area contributed by atoms with Gasteiger partial charge in [-0.05, 0) is 12.8 Å². The predicted molar refractivity (Wildman–Crippen MR) is 69.0 cm³/mol. The lowest BCUT2D eigenvalue weighted by molar-refractivity contribution is -0.138. The Kier molecular flexibility index (Phi) is 6.69. The fourth-order valence-electron chi connectivity index (χ4n) is 2.11. The lowest BCUT2D eigenvalue weighted by atomic mass is 10.2. The van der Waals surface area contributed by atoms with Crippen molar-refractivity contribution in [1.82, 2.24) is 9.80 Å². The van der Waals surface area contributed by atoms with Crippen molar-refractivity contribution in [2.24, 2.45) is 0 Å². The highest BCUT2D eigenvalue weighted by atomic mass is 16.5. The summed E-state index contributed by atoms with van der Waals surface area (Å²) in [7, 11) is 0. The fraction of sp³-hybridized carbons (Fsp3) is 0.846. The van der Waals surface area contributed by atoms with Crippen molar-refractivity contribution in [1.29, 1.82) is 5.26 Å². The van der Waals surface area contributed by atoms with Gasteiger partial charge in [0.25, 0.3) is 0 Å². The van der Waals surface area contributed by atoms with Crippen molar-refractivity contribution < 1.29 is 9.53 Å². The highest BCUT2D eigenvalue weighted by Gasteiger charge is 2.24. The lowest BCUT2D eigenvalue weighted by Gasteiger charge is -2.36. The average Bonchev–Trinajstić information content (AvgIpc) is 2.41. The normalized spacial score (nSPS) is 18.4. The molecule has 18 heavy (non-hydrogen) atoms. The molecule has 1 rings (SSSR count). The van der Waals surface area contributed by atoms with Crippen LogP contribution in [0.25, 0.3) is 0 Å². The molecule has 1 atom stereocenters. The molecule has 1 saturated heterocycles. The van der Waals surface area contributed by atoms with Crippen LogP contribution in [0.3, 0.4) is 0 Å². The maximum atomic E-state index is 11.8. The molecule has 1 aliphatic rings. The number of nitrogens with zero attached hydrogens (tertiary/aromatic N) is 3. The number of carbonyl (C=O) groups is 1. The molecule has 1 heterocycles. The highest BCUT2D eigenvalue weighted by Crippen LogP contribution is 2.08. The van der Waals surface area contributed by atoms with Crippen molar-refractivity contribution in [2.75, 3.05) is 39.4 Å². The van der Waals surface area contributed by atoms with E-state index in [1.54, 1.807) is 0 Å². The van der Waals surface area contributed by atoms with Gasteiger partial charge >= 0.3 is 0 Å². The second-order valence-corrected chi connectivity index (χ2v) is 4.52. The standard InChI is InChI=1S/C13H23N3O2/c1-3-9-18-11-13(17)16-7-5-15(6-8-16)12(4-2)10-14/h12H,3-9,11H2,1-2H3. The summed E-state index contributed by atoms with van der Waals surface area (Å²) in [6, 6.07) is 2.29. The van der Waals surface area contributed by atoms with E-state index in [1.165, 1.54) is 0 Å². The third-order valence-electron chi connectivity index (χ3n) is 3.22. The van der Waals surface area contributed by atoms with Gasteiger partial charge in [0.15, 0.2) is 0 Å². The Morgan fingerprint density at radius 3 is 2.50 bits per heavy atom. The zero-order valence-electron chi connectivity index (χ0n) is 11.4. The Balaban J connectivity index is 2.30. The van der Waals surface area contributed by atoms with Gasteiger partial charge in [0.05, 0.1) is 12.1 Å². The zero-order valence-corrected chi connectivity index (χ0v) is 11.4. The number of nitriles is 1. The van der Waals surface area contributed by atoms with E-state index in [0.29, 0.717) is 19.7 Å². The number of hydrogen-bond donors (Lipinski definition) is 0. The van der Waals surface area contributed by atoms with Crippen LogP contribution in [0.1, 0.15) is 26.7 Å². The molecule has 102 valence electrons. The molecule has 1 aliphatic heterocycles. The summed E-state index contributed by atoms with van der Waals surface area (Å²) in [5.74, 6) is 0.0631. The SMILES string of the molecule is CCCOCC(=O)N1CCN(C(C#N)CC)CC1. The van der Waals surface area contributed by atoms with E-state index in [9.17, 15) is 4.79 Å². The number of amides is 1. The monoisotopic (exact) mass is 253 g/mol. The fourth-order valence-corrected chi connectivity index (χ4v) is 2.11. The van der Waals surface area contributed by atoms with Crippen molar-refractivity contribution in [3.05, 3.63) is 0 Å². The van der Waals surface area contributed by atoms with Crippen LogP contribution in [0.2, 0.25) is 0 Å². The maximum Gasteiger partial charge on any atom is 0.248 e. The molecule has 0 aromatic heterocycles. The molecular weight excluding hydrogens is 230 g/mol. The van der Waals surface area contributed by atoms with Gasteiger partial charge in [-0.1, -0.05) is 13.8 Å². The van der Waals surface area contributed by atoms with Crippen LogP contribution < -0.4 is 0 Å². The first-order valence-corrected chi connectivity index (χ1v) is 6.72. The van der Waals surface area contributed by atoms with Crippen LogP contribution in [0.4, 0.5) is 0 Å². The molecule has 0 aromatic rings. The molecule has 5 nitrogen and oxygen atoms in total. The van der Waals surface area contributed by atoms with Crippen LogP contribution in [-0.2, 0) is 9.53 Å². The molecule has 1 amide bonds. The van der Waals surface area contributed by atoms with Gasteiger partial charge in [0, 0.05) is 32.8 Å². The van der Waals surface area contributed by atoms with E-state index in [4.69, 9.17) is 10.00 Å². The first-order valence-electron chi connectivity index (χ1n) is 6.72. The molecule has 0 aliphatic carbocycles. The number of ether oxygens (including phenoxy) is 1. The first-order chi connectivity index (χ1) is 8.72. The van der Waals surface area contributed by atoms with Gasteiger partial charge in [-0.3, -0.25) is 9.69 Å². The van der Waals surface area contributed by atoms with E-state index in [0.717, 1.165) is 25.9 Å². The molecule has 0 aromatic carbocycles. The van der Waals surface area contributed by atoms with Crippen LogP contribution in [0.15, 0.2) is 0 Å². The van der Waals surface area contributed by atoms with Gasteiger partial charge < -0.3 is 9.64 Å². The third-order valence-corrected chi connectivity index (χ3v) is 3.22. The van der Waals surface area contributed by atoms with Crippen LogP contribution >= 0.6 is 0 Å². The molecule has 0 N–H and O–H groups in total. The van der Waals surface area contributed by atoms with Gasteiger partial charge in [0.1, 0.15) is 6.61 Å². The van der Waals surface area contributed by atoms with Crippen molar-refractivity contribution in [3.8, 4) is 6.07 Å². The Hall–Kier alpha value is -1.12. The minimum atomic E-state index is -0.0152. The van der Waals surface area contributed by atoms with Crippen LogP contribution in [-0.4, -0.2) is 61.1 Å². The highest BCUT2D eigenvalue weighted by molar-refractivity contribution is 5.77. The van der Waals surface area contributed by atoms with Crippen molar-refractivity contribution >= 4 is 5.91 Å². The topological polar surface area (TPSA) is 56.6 Å². The van der Waals surface area contributed by atoms with E-state index in [1.807, 2.05) is 18.7 Å². The minimum absolute atomic E-state index is 0.0152. The molecule has 0 bridgehead atoms. The summed E-state index contributed by atoms with van der Waals surface area (Å²) < 4.78 is 5.26. The summed E-state index contributed by atoms with van der Waals surface area (Å²) in [6.07, 6.45) is 1.77. The lowest BCUT2D eigenvalue weighted by Crippen LogP contribution is -2.52. The summed E-state index contributed by atoms with van der Waals surface area (Å²) in [6.45, 7) is 7.83. The Morgan fingerprint density at radius 2 is 2.00 bits per heavy atom. The molecular formula is C13H23N3O2. The van der Waals surface area contributed by atoms with Gasteiger partial charge in [-0.25, -0.2) is 0 Å². The van der Waals surface area contributed by atoms with Crippen molar-refractivity contribution in [2.45, 2.75) is 32.7 Å². The molecule has 0 spiro atoms. The Bertz CT molecular complexity index is 293. The van der Waals surface area contributed by atoms with E-state index in [-0.39, 0.29) is 18.6 Å². The molecule has 1 unspecified atom stereocenters. The first kappa shape index (κ1) is 14.9. The largest absolute Gasteiger partial charge is 0.372 e. The minimum Gasteiger partial charge on any atom is -0.372 e. The molecule has 5 heteroatoms. The van der Waals surface area contributed by atoms with E-state index < -0.39 is 0 Å². The van der Waals surface area contributed by atoms with E-state index >= 15 is 0 Å². The molecule has 0 radical (unpaired) electrons. The summed E-state index contributed by atoms with van der Waals surface area (Å²) in [5, 5.41) is 9.00. The van der Waals surface area contributed by atoms with Crippen molar-refractivity contribution in [3.63, 3.8) is 0 Å². The summed E-state index contributed by atoms with van der Waals surface area (Å²) >= 11 is 0. The second kappa shape index (κ2) is 8.06. The number of piperazine rings is 1. The predicted octanol–water partition coefficient (Wildman–Crippen LogP) is 0.859. The van der Waals surface area contributed by atoms with Gasteiger partial charge in [0.2, 0.25) is 5.91 Å². The van der Waals surface area contributed by atoms with Gasteiger partial charge in [-0.2, -0.15) is 5.26 Å². The maximum absolute atomic E-state index is 11.8. The van der Waals surface area contributed by atoms with E-state index in [2.05, 4.69) is 11.0 Å². The Labute approximate surface area is 109 Å². The Morgan fingerprint density at radius 1 is 1.33 bits per heavy atom. The summed E-state index contributed by atoms with van der Waals surface area (Å²) in [5.41, 5.74) is 0. The zero-order chi connectivity index (χ0) is 13.4. The molecule has 1 fully saturated rings. The molecule has 0 saturated carbocycles. The average molecular weight is 253 g/mol. The second-order valence-electron chi connectivity index (χ2n) is 4.52. The summed E-state index contributed by atoms with van der Waals surface area (Å²) in [4.78, 5) is 15.8. The third kappa shape index (κ3) is 4.28. The number of hydrogen-bond acceptors (Lipinski definition) is 4. The smallest absolute Gasteiger partial charge is 0.248 e. The van der Waals surface area contributed by atoms with Gasteiger partial charge in [-0.15, -0.1) is 0 Å². The number of carbonyl (C=O) groups excluding carboxylic acids is 1.